The van der Waals surface area contributed by atoms with Crippen LogP contribution in [0.25, 0.3) is 0 Å². The third kappa shape index (κ3) is 1.13. The maximum atomic E-state index is 11.6. The van der Waals surface area contributed by atoms with E-state index < -0.39 is 0 Å². The van der Waals surface area contributed by atoms with E-state index in [1.165, 1.54) is 0 Å². The summed E-state index contributed by atoms with van der Waals surface area (Å²) >= 11 is 0. The molecule has 1 saturated heterocycles. The Hall–Kier alpha value is -0.110. The van der Waals surface area contributed by atoms with Gasteiger partial charge in [-0.2, -0.15) is 0 Å². The van der Waals surface area contributed by atoms with Gasteiger partial charge in [-0.05, 0) is 6.42 Å². The SMILES string of the molecule is FCC1C[CH]NC1. The van der Waals surface area contributed by atoms with E-state index in [2.05, 4.69) is 5.32 Å². The van der Waals surface area contributed by atoms with Crippen molar-refractivity contribution in [1.29, 1.82) is 0 Å². The Morgan fingerprint density at radius 3 is 3.00 bits per heavy atom. The topological polar surface area (TPSA) is 12.0 Å². The Labute approximate surface area is 42.9 Å². The fourth-order valence-electron chi connectivity index (χ4n) is 0.701. The van der Waals surface area contributed by atoms with E-state index in [-0.39, 0.29) is 12.6 Å². The Kier molecular flexibility index (Phi) is 1.63. The summed E-state index contributed by atoms with van der Waals surface area (Å²) in [6.07, 6.45) is 0.899. The molecule has 1 aliphatic rings. The molecule has 1 N–H and O–H groups in total. The van der Waals surface area contributed by atoms with Crippen LogP contribution >= 0.6 is 0 Å². The molecule has 41 valence electrons. The van der Waals surface area contributed by atoms with E-state index >= 15 is 0 Å². The zero-order chi connectivity index (χ0) is 5.11. The van der Waals surface area contributed by atoms with Crippen LogP contribution in [0, 0.1) is 12.5 Å². The van der Waals surface area contributed by atoms with Crippen LogP contribution in [0.3, 0.4) is 0 Å². The Morgan fingerprint density at radius 2 is 2.71 bits per heavy atom. The van der Waals surface area contributed by atoms with Crippen LogP contribution in [-0.2, 0) is 0 Å². The molecule has 2 heteroatoms. The van der Waals surface area contributed by atoms with Gasteiger partial charge in [0.15, 0.2) is 0 Å². The summed E-state index contributed by atoms with van der Waals surface area (Å²) in [6, 6.07) is 0. The first-order chi connectivity index (χ1) is 3.43. The third-order valence-corrected chi connectivity index (χ3v) is 1.22. The first kappa shape index (κ1) is 5.04. The maximum Gasteiger partial charge on any atom is 0.0935 e. The van der Waals surface area contributed by atoms with Crippen LogP contribution in [0.15, 0.2) is 0 Å². The monoisotopic (exact) mass is 102 g/mol. The molecule has 1 fully saturated rings. The molecule has 1 heterocycles. The summed E-state index contributed by atoms with van der Waals surface area (Å²) in [5, 5.41) is 2.96. The van der Waals surface area contributed by atoms with Gasteiger partial charge in [0, 0.05) is 19.0 Å². The number of halogens is 1. The number of hydrogen-bond acceptors (Lipinski definition) is 1. The van der Waals surface area contributed by atoms with Gasteiger partial charge in [-0.15, -0.1) is 0 Å². The van der Waals surface area contributed by atoms with Crippen molar-refractivity contribution in [3.8, 4) is 0 Å². The summed E-state index contributed by atoms with van der Waals surface area (Å²) in [4.78, 5) is 0. The molecule has 1 rings (SSSR count). The lowest BCUT2D eigenvalue weighted by molar-refractivity contribution is 0.384. The van der Waals surface area contributed by atoms with Crippen LogP contribution in [0.5, 0.6) is 0 Å². The van der Waals surface area contributed by atoms with Gasteiger partial charge in [0.25, 0.3) is 0 Å². The second kappa shape index (κ2) is 2.26. The predicted octanol–water partition coefficient (Wildman–Crippen LogP) is 0.727. The van der Waals surface area contributed by atoms with E-state index in [1.807, 2.05) is 6.54 Å². The molecule has 0 aromatic rings. The molecule has 0 aromatic heterocycles. The molecule has 0 aliphatic carbocycles. The van der Waals surface area contributed by atoms with Crippen molar-refractivity contribution in [2.75, 3.05) is 13.2 Å². The van der Waals surface area contributed by atoms with Crippen molar-refractivity contribution >= 4 is 0 Å². The molecule has 1 unspecified atom stereocenters. The van der Waals surface area contributed by atoms with Gasteiger partial charge < -0.3 is 5.32 Å². The summed E-state index contributed by atoms with van der Waals surface area (Å²) in [6.45, 7) is 2.57. The molecule has 1 atom stereocenters. The quantitative estimate of drug-likeness (QED) is 0.514. The zero-order valence-electron chi connectivity index (χ0n) is 4.15. The molecule has 0 saturated carbocycles. The predicted molar refractivity (Wildman–Crippen MR) is 26.4 cm³/mol. The van der Waals surface area contributed by atoms with Crippen molar-refractivity contribution in [2.24, 2.45) is 5.92 Å². The second-order valence-corrected chi connectivity index (χ2v) is 1.87. The van der Waals surface area contributed by atoms with Gasteiger partial charge in [0.2, 0.25) is 0 Å². The van der Waals surface area contributed by atoms with Crippen molar-refractivity contribution in [3.05, 3.63) is 6.54 Å². The van der Waals surface area contributed by atoms with E-state index in [0.29, 0.717) is 0 Å². The van der Waals surface area contributed by atoms with Gasteiger partial charge in [0.1, 0.15) is 0 Å². The standard InChI is InChI=1S/C5H9FN/c6-3-5-1-2-7-4-5/h2,5,7H,1,3-4H2. The molecule has 7 heavy (non-hydrogen) atoms. The first-order valence-corrected chi connectivity index (χ1v) is 2.54. The average molecular weight is 102 g/mol. The minimum absolute atomic E-state index is 0.177. The normalized spacial score (nSPS) is 31.3. The first-order valence-electron chi connectivity index (χ1n) is 2.54. The lowest BCUT2D eigenvalue weighted by Crippen LogP contribution is -2.08. The highest BCUT2D eigenvalue weighted by atomic mass is 19.1. The number of nitrogens with one attached hydrogen (secondary N) is 1. The molecule has 1 nitrogen and oxygen atoms in total. The highest BCUT2D eigenvalue weighted by molar-refractivity contribution is 4.78. The van der Waals surface area contributed by atoms with E-state index in [1.54, 1.807) is 0 Å². The fourth-order valence-corrected chi connectivity index (χ4v) is 0.701. The zero-order valence-corrected chi connectivity index (χ0v) is 4.15. The summed E-state index contributed by atoms with van der Waals surface area (Å²) in [5.74, 6) is 0.264. The Balaban J connectivity index is 2.14. The van der Waals surface area contributed by atoms with Gasteiger partial charge >= 0.3 is 0 Å². The summed E-state index contributed by atoms with van der Waals surface area (Å²) < 4.78 is 11.6. The van der Waals surface area contributed by atoms with Crippen LogP contribution < -0.4 is 5.32 Å². The highest BCUT2D eigenvalue weighted by Gasteiger charge is 2.12. The molecule has 0 bridgehead atoms. The fraction of sp³-hybridized carbons (Fsp3) is 0.800. The van der Waals surface area contributed by atoms with Crippen molar-refractivity contribution in [2.45, 2.75) is 6.42 Å². The minimum atomic E-state index is -0.177. The number of alkyl halides is 1. The van der Waals surface area contributed by atoms with Crippen LogP contribution in [0.2, 0.25) is 0 Å². The van der Waals surface area contributed by atoms with Crippen LogP contribution in [-0.4, -0.2) is 13.2 Å². The highest BCUT2D eigenvalue weighted by Crippen LogP contribution is 2.09. The van der Waals surface area contributed by atoms with Gasteiger partial charge in [-0.3, -0.25) is 4.39 Å². The lowest BCUT2D eigenvalue weighted by atomic mass is 10.1. The van der Waals surface area contributed by atoms with Crippen molar-refractivity contribution in [1.82, 2.24) is 5.32 Å². The third-order valence-electron chi connectivity index (χ3n) is 1.22. The summed E-state index contributed by atoms with van der Waals surface area (Å²) in [7, 11) is 0. The van der Waals surface area contributed by atoms with E-state index in [4.69, 9.17) is 0 Å². The molecule has 0 spiro atoms. The van der Waals surface area contributed by atoms with Crippen LogP contribution in [0.4, 0.5) is 4.39 Å². The summed E-state index contributed by atoms with van der Waals surface area (Å²) in [5.41, 5.74) is 0. The molecule has 1 aliphatic heterocycles. The molecule has 0 aromatic carbocycles. The molecule has 1 radical (unpaired) electrons. The minimum Gasteiger partial charge on any atom is -0.312 e. The van der Waals surface area contributed by atoms with Crippen molar-refractivity contribution in [3.63, 3.8) is 0 Å². The van der Waals surface area contributed by atoms with Gasteiger partial charge in [-0.25, -0.2) is 0 Å². The smallest absolute Gasteiger partial charge is 0.0935 e. The van der Waals surface area contributed by atoms with Gasteiger partial charge in [-0.1, -0.05) is 0 Å². The molecule has 0 amide bonds. The number of rotatable bonds is 1. The maximum absolute atomic E-state index is 11.6. The Morgan fingerprint density at radius 1 is 1.86 bits per heavy atom. The van der Waals surface area contributed by atoms with Crippen molar-refractivity contribution < 1.29 is 4.39 Å². The van der Waals surface area contributed by atoms with E-state index in [9.17, 15) is 4.39 Å². The van der Waals surface area contributed by atoms with Crippen LogP contribution in [0.1, 0.15) is 6.42 Å². The van der Waals surface area contributed by atoms with Gasteiger partial charge in [0.05, 0.1) is 6.67 Å². The second-order valence-electron chi connectivity index (χ2n) is 1.87. The molecular formula is C5H9FN. The lowest BCUT2D eigenvalue weighted by Gasteiger charge is -1.95. The number of hydrogen-bond donors (Lipinski definition) is 1. The largest absolute Gasteiger partial charge is 0.312 e. The molecular weight excluding hydrogens is 93.1 g/mol. The average Bonchev–Trinajstić information content (AvgIpc) is 2.14. The Bertz CT molecular complexity index is 50.0. The van der Waals surface area contributed by atoms with E-state index in [0.717, 1.165) is 13.0 Å².